The molecule has 1 N–H and O–H groups in total. The van der Waals surface area contributed by atoms with Crippen molar-refractivity contribution in [3.63, 3.8) is 0 Å². The van der Waals surface area contributed by atoms with Crippen LogP contribution in [0, 0.1) is 6.92 Å². The highest BCUT2D eigenvalue weighted by atomic mass is 32.2. The van der Waals surface area contributed by atoms with Gasteiger partial charge in [-0.15, -0.1) is 0 Å². The fraction of sp³-hybridized carbons (Fsp3) is 0.409. The summed E-state index contributed by atoms with van der Waals surface area (Å²) in [5.74, 6) is -0.182. The van der Waals surface area contributed by atoms with E-state index >= 15 is 0 Å². The third kappa shape index (κ3) is 5.65. The van der Waals surface area contributed by atoms with Crippen LogP contribution in [-0.2, 0) is 21.4 Å². The average Bonchev–Trinajstić information content (AvgIpc) is 2.70. The lowest BCUT2D eigenvalue weighted by atomic mass is 10.2. The molecule has 0 unspecified atom stereocenters. The number of nitrogens with zero attached hydrogens (tertiary/aromatic N) is 2. The number of hydrogen-bond acceptors (Lipinski definition) is 4. The van der Waals surface area contributed by atoms with Gasteiger partial charge in [0.1, 0.15) is 0 Å². The van der Waals surface area contributed by atoms with Gasteiger partial charge >= 0.3 is 0 Å². The smallest absolute Gasteiger partial charge is 0.243 e. The molecule has 2 rings (SSSR count). The molecule has 0 bridgehead atoms. The van der Waals surface area contributed by atoms with Gasteiger partial charge in [-0.3, -0.25) is 9.69 Å². The fourth-order valence-corrected chi connectivity index (χ4v) is 4.82. The Balaban J connectivity index is 2.16. The van der Waals surface area contributed by atoms with Crippen molar-refractivity contribution in [1.82, 2.24) is 9.21 Å². The van der Waals surface area contributed by atoms with Crippen LogP contribution in [0.4, 0.5) is 5.69 Å². The Bertz CT molecular complexity index is 926. The zero-order valence-corrected chi connectivity index (χ0v) is 18.7. The normalized spacial score (nSPS) is 12.9. The van der Waals surface area contributed by atoms with Gasteiger partial charge in [0.05, 0.1) is 10.9 Å². The lowest BCUT2D eigenvalue weighted by Crippen LogP contribution is -2.39. The number of benzene rings is 2. The Kier molecular flexibility index (Phi) is 7.96. The van der Waals surface area contributed by atoms with E-state index in [9.17, 15) is 13.2 Å². The lowest BCUT2D eigenvalue weighted by Gasteiger charge is -2.24. The van der Waals surface area contributed by atoms with Gasteiger partial charge in [0, 0.05) is 25.3 Å². The van der Waals surface area contributed by atoms with Crippen molar-refractivity contribution in [1.29, 1.82) is 0 Å². The maximum atomic E-state index is 12.9. The minimum atomic E-state index is -3.60. The summed E-state index contributed by atoms with van der Waals surface area (Å²) >= 11 is 0. The van der Waals surface area contributed by atoms with E-state index in [0.717, 1.165) is 5.56 Å². The van der Waals surface area contributed by atoms with E-state index in [1.807, 2.05) is 63.1 Å². The maximum Gasteiger partial charge on any atom is 0.243 e. The number of amides is 1. The summed E-state index contributed by atoms with van der Waals surface area (Å²) in [6, 6.07) is 14.6. The predicted molar refractivity (Wildman–Crippen MR) is 117 cm³/mol. The third-order valence-corrected chi connectivity index (χ3v) is 7.29. The largest absolute Gasteiger partial charge is 0.325 e. The summed E-state index contributed by atoms with van der Waals surface area (Å²) in [5.41, 5.74) is 2.26. The third-order valence-electron chi connectivity index (χ3n) is 5.09. The number of aryl methyl sites for hydroxylation is 1. The van der Waals surface area contributed by atoms with E-state index in [1.54, 1.807) is 25.1 Å². The molecule has 0 heterocycles. The fourth-order valence-electron chi connectivity index (χ4n) is 3.11. The van der Waals surface area contributed by atoms with E-state index in [2.05, 4.69) is 5.32 Å². The molecular formula is C22H31N3O3S. The summed E-state index contributed by atoms with van der Waals surface area (Å²) in [7, 11) is -1.70. The number of hydrogen-bond donors (Lipinski definition) is 1. The summed E-state index contributed by atoms with van der Waals surface area (Å²) in [6.45, 7) is 8.66. The van der Waals surface area contributed by atoms with Crippen LogP contribution in [0.25, 0.3) is 0 Å². The molecule has 2 aromatic rings. The number of nitrogens with one attached hydrogen (secondary N) is 1. The van der Waals surface area contributed by atoms with Gasteiger partial charge in [-0.1, -0.05) is 50.2 Å². The number of anilines is 1. The summed E-state index contributed by atoms with van der Waals surface area (Å²) < 4.78 is 27.2. The zero-order chi connectivity index (χ0) is 21.6. The van der Waals surface area contributed by atoms with Crippen molar-refractivity contribution in [2.75, 3.05) is 25.5 Å². The molecular weight excluding hydrogens is 386 g/mol. The van der Waals surface area contributed by atoms with E-state index in [0.29, 0.717) is 30.9 Å². The van der Waals surface area contributed by atoms with Gasteiger partial charge in [0.2, 0.25) is 15.9 Å². The first-order valence-corrected chi connectivity index (χ1v) is 11.3. The van der Waals surface area contributed by atoms with Crippen LogP contribution in [-0.4, -0.2) is 49.7 Å². The Morgan fingerprint density at radius 1 is 1.07 bits per heavy atom. The van der Waals surface area contributed by atoms with Crippen LogP contribution >= 0.6 is 0 Å². The van der Waals surface area contributed by atoms with Crippen molar-refractivity contribution in [3.05, 3.63) is 59.7 Å². The second kappa shape index (κ2) is 10.0. The molecule has 1 atom stereocenters. The minimum Gasteiger partial charge on any atom is -0.325 e. The number of carbonyl (C=O) groups excluding carboxylic acids is 1. The quantitative estimate of drug-likeness (QED) is 0.678. The average molecular weight is 418 g/mol. The molecule has 0 spiro atoms. The monoisotopic (exact) mass is 417 g/mol. The van der Waals surface area contributed by atoms with E-state index in [1.165, 1.54) is 4.31 Å². The molecule has 6 nitrogen and oxygen atoms in total. The van der Waals surface area contributed by atoms with Gasteiger partial charge in [0.25, 0.3) is 0 Å². The number of sulfonamides is 1. The molecule has 0 aliphatic carbocycles. The van der Waals surface area contributed by atoms with Crippen molar-refractivity contribution in [2.45, 2.75) is 45.2 Å². The SMILES string of the molecule is CCN(CC)S(=O)(=O)c1cc(NC(=O)[C@H](C)N(C)Cc2ccccc2)ccc1C. The van der Waals surface area contributed by atoms with Gasteiger partial charge in [-0.25, -0.2) is 8.42 Å². The van der Waals surface area contributed by atoms with Crippen LogP contribution in [0.5, 0.6) is 0 Å². The summed E-state index contributed by atoms with van der Waals surface area (Å²) in [5, 5.41) is 2.86. The molecule has 0 aromatic heterocycles. The van der Waals surface area contributed by atoms with Crippen LogP contribution in [0.1, 0.15) is 31.9 Å². The summed E-state index contributed by atoms with van der Waals surface area (Å²) in [4.78, 5) is 14.9. The Morgan fingerprint density at radius 3 is 2.28 bits per heavy atom. The van der Waals surface area contributed by atoms with E-state index in [-0.39, 0.29) is 16.8 Å². The standard InChI is InChI=1S/C22H31N3O3S/c1-6-25(7-2)29(27,28)21-15-20(14-13-17(21)3)23-22(26)18(4)24(5)16-19-11-9-8-10-12-19/h8-15,18H,6-7,16H2,1-5H3,(H,23,26)/t18-/m0/s1. The first kappa shape index (κ1) is 23.1. The number of likely N-dealkylation sites (N-methyl/N-ethyl adjacent to an activating group) is 1. The minimum absolute atomic E-state index is 0.182. The Hall–Kier alpha value is -2.22. The molecule has 2 aromatic carbocycles. The summed E-state index contributed by atoms with van der Waals surface area (Å²) in [6.07, 6.45) is 0. The first-order chi connectivity index (χ1) is 13.7. The van der Waals surface area contributed by atoms with Crippen molar-refractivity contribution in [3.8, 4) is 0 Å². The molecule has 0 aliphatic rings. The van der Waals surface area contributed by atoms with Crippen molar-refractivity contribution >= 4 is 21.6 Å². The van der Waals surface area contributed by atoms with E-state index < -0.39 is 10.0 Å². The van der Waals surface area contributed by atoms with Gasteiger partial charge in [0.15, 0.2) is 0 Å². The molecule has 0 saturated carbocycles. The molecule has 158 valence electrons. The lowest BCUT2D eigenvalue weighted by molar-refractivity contribution is -0.120. The second-order valence-electron chi connectivity index (χ2n) is 7.14. The topological polar surface area (TPSA) is 69.7 Å². The Morgan fingerprint density at radius 2 is 1.69 bits per heavy atom. The van der Waals surface area contributed by atoms with Crippen molar-refractivity contribution in [2.24, 2.45) is 0 Å². The van der Waals surface area contributed by atoms with Gasteiger partial charge < -0.3 is 5.32 Å². The molecule has 29 heavy (non-hydrogen) atoms. The van der Waals surface area contributed by atoms with Crippen LogP contribution < -0.4 is 5.32 Å². The number of carbonyl (C=O) groups is 1. The molecule has 0 aliphatic heterocycles. The molecule has 0 saturated heterocycles. The zero-order valence-electron chi connectivity index (χ0n) is 17.8. The highest BCUT2D eigenvalue weighted by molar-refractivity contribution is 7.89. The van der Waals surface area contributed by atoms with Crippen molar-refractivity contribution < 1.29 is 13.2 Å². The van der Waals surface area contributed by atoms with Crippen LogP contribution in [0.15, 0.2) is 53.4 Å². The second-order valence-corrected chi connectivity index (χ2v) is 9.04. The Labute approximate surface area is 174 Å². The van der Waals surface area contributed by atoms with Gasteiger partial charge in [-0.05, 0) is 44.2 Å². The number of rotatable bonds is 9. The van der Waals surface area contributed by atoms with E-state index in [4.69, 9.17) is 0 Å². The van der Waals surface area contributed by atoms with Crippen LogP contribution in [0.2, 0.25) is 0 Å². The molecule has 1 amide bonds. The van der Waals surface area contributed by atoms with Crippen LogP contribution in [0.3, 0.4) is 0 Å². The molecule has 7 heteroatoms. The molecule has 0 radical (unpaired) electrons. The van der Waals surface area contributed by atoms with Gasteiger partial charge in [-0.2, -0.15) is 4.31 Å². The highest BCUT2D eigenvalue weighted by Gasteiger charge is 2.25. The maximum absolute atomic E-state index is 12.9. The highest BCUT2D eigenvalue weighted by Crippen LogP contribution is 2.24. The molecule has 0 fully saturated rings. The predicted octanol–water partition coefficient (Wildman–Crippen LogP) is 3.48. The first-order valence-electron chi connectivity index (χ1n) is 9.86.